The molecule has 136 valence electrons. The smallest absolute Gasteiger partial charge is 0.265 e. The summed E-state index contributed by atoms with van der Waals surface area (Å²) in [6, 6.07) is 0. The van der Waals surface area contributed by atoms with Gasteiger partial charge in [-0.3, -0.25) is 4.79 Å². The van der Waals surface area contributed by atoms with Crippen LogP contribution in [0.2, 0.25) is 0 Å². The van der Waals surface area contributed by atoms with Crippen LogP contribution in [0.15, 0.2) is 0 Å². The number of hydrogen-bond acceptors (Lipinski definition) is 6. The first-order valence-corrected chi connectivity index (χ1v) is 11.1. The predicted molar refractivity (Wildman–Crippen MR) is 95.2 cm³/mol. The largest absolute Gasteiger partial charge is 0.375 e. The average Bonchev–Trinajstić information content (AvgIpc) is 2.84. The van der Waals surface area contributed by atoms with Gasteiger partial charge in [0.1, 0.15) is 9.88 Å². The van der Waals surface area contributed by atoms with E-state index in [-0.39, 0.29) is 12.5 Å². The van der Waals surface area contributed by atoms with Gasteiger partial charge in [-0.05, 0) is 26.7 Å². The Hall–Kier alpha value is -0.990. The van der Waals surface area contributed by atoms with Gasteiger partial charge in [0.2, 0.25) is 0 Å². The van der Waals surface area contributed by atoms with Crippen LogP contribution in [0.3, 0.4) is 0 Å². The number of sulfone groups is 1. The number of aryl methyl sites for hydroxylation is 1. The highest BCUT2D eigenvalue weighted by Crippen LogP contribution is 2.23. The van der Waals surface area contributed by atoms with Gasteiger partial charge in [-0.1, -0.05) is 12.8 Å². The Balaban J connectivity index is 2.18. The highest BCUT2D eigenvalue weighted by Gasteiger charge is 2.29. The molecule has 1 aliphatic rings. The summed E-state index contributed by atoms with van der Waals surface area (Å²) in [6.07, 6.45) is 4.65. The summed E-state index contributed by atoms with van der Waals surface area (Å²) in [4.78, 5) is 19.6. The first kappa shape index (κ1) is 19.3. The van der Waals surface area contributed by atoms with Gasteiger partial charge in [0.15, 0.2) is 9.84 Å². The SMILES string of the molecule is CCOCc1nc(C)c(C(=O)N2CCCCCC(S(C)(=O)=O)C2)s1. The fourth-order valence-corrected chi connectivity index (χ4v) is 4.87. The third-order valence-corrected chi connectivity index (χ3v) is 6.95. The molecule has 0 aliphatic carbocycles. The van der Waals surface area contributed by atoms with Crippen molar-refractivity contribution in [2.75, 3.05) is 26.0 Å². The minimum atomic E-state index is -3.16. The van der Waals surface area contributed by atoms with E-state index in [0.29, 0.717) is 36.8 Å². The zero-order valence-electron chi connectivity index (χ0n) is 14.6. The van der Waals surface area contributed by atoms with E-state index in [0.717, 1.165) is 24.3 Å². The first-order chi connectivity index (χ1) is 11.3. The molecule has 0 saturated carbocycles. The van der Waals surface area contributed by atoms with Crippen molar-refractivity contribution in [2.45, 2.75) is 51.4 Å². The molecule has 0 aromatic carbocycles. The average molecular weight is 375 g/mol. The number of aromatic nitrogens is 1. The molecule has 24 heavy (non-hydrogen) atoms. The molecule has 1 atom stereocenters. The van der Waals surface area contributed by atoms with Crippen LogP contribution in [0.25, 0.3) is 0 Å². The van der Waals surface area contributed by atoms with E-state index in [1.54, 1.807) is 4.90 Å². The highest BCUT2D eigenvalue weighted by molar-refractivity contribution is 7.91. The predicted octanol–water partition coefficient (Wildman–Crippen LogP) is 2.42. The lowest BCUT2D eigenvalue weighted by atomic mass is 10.1. The van der Waals surface area contributed by atoms with Crippen LogP contribution in [0, 0.1) is 6.92 Å². The normalized spacial score (nSPS) is 19.8. The second kappa shape index (κ2) is 8.40. The molecular weight excluding hydrogens is 348 g/mol. The quantitative estimate of drug-likeness (QED) is 0.791. The Labute approximate surface area is 148 Å². The van der Waals surface area contributed by atoms with Gasteiger partial charge >= 0.3 is 0 Å². The van der Waals surface area contributed by atoms with E-state index in [1.807, 2.05) is 13.8 Å². The van der Waals surface area contributed by atoms with Crippen LogP contribution in [0.1, 0.15) is 53.0 Å². The summed E-state index contributed by atoms with van der Waals surface area (Å²) in [6.45, 7) is 5.61. The molecule has 1 unspecified atom stereocenters. The molecule has 1 aromatic rings. The maximum Gasteiger partial charge on any atom is 0.265 e. The molecule has 0 radical (unpaired) electrons. The zero-order chi connectivity index (χ0) is 17.7. The molecule has 0 spiro atoms. The fraction of sp³-hybridized carbons (Fsp3) is 0.750. The van der Waals surface area contributed by atoms with Gasteiger partial charge in [0.25, 0.3) is 5.91 Å². The maximum atomic E-state index is 12.9. The number of rotatable bonds is 5. The number of carbonyl (C=O) groups is 1. The standard InChI is InChI=1S/C16H26N2O4S2/c1-4-22-11-14-17-12(2)15(23-14)16(19)18-9-7-5-6-8-13(10-18)24(3,20)21/h13H,4-11H2,1-3H3. The van der Waals surface area contributed by atoms with Crippen LogP contribution < -0.4 is 0 Å². The van der Waals surface area contributed by atoms with Gasteiger partial charge in [-0.25, -0.2) is 13.4 Å². The van der Waals surface area contributed by atoms with Crippen LogP contribution in [-0.4, -0.2) is 55.4 Å². The van der Waals surface area contributed by atoms with E-state index < -0.39 is 15.1 Å². The number of ether oxygens (including phenoxy) is 1. The van der Waals surface area contributed by atoms with Crippen molar-refractivity contribution in [3.8, 4) is 0 Å². The van der Waals surface area contributed by atoms with Crippen LogP contribution in [-0.2, 0) is 21.2 Å². The van der Waals surface area contributed by atoms with E-state index in [4.69, 9.17) is 4.74 Å². The Morgan fingerprint density at radius 3 is 2.79 bits per heavy atom. The van der Waals surface area contributed by atoms with Crippen molar-refractivity contribution in [3.63, 3.8) is 0 Å². The van der Waals surface area contributed by atoms with Crippen molar-refractivity contribution in [1.29, 1.82) is 0 Å². The molecular formula is C16H26N2O4S2. The first-order valence-electron chi connectivity index (χ1n) is 8.35. The molecule has 8 heteroatoms. The van der Waals surface area contributed by atoms with E-state index in [1.165, 1.54) is 17.6 Å². The minimum absolute atomic E-state index is 0.108. The van der Waals surface area contributed by atoms with E-state index in [9.17, 15) is 13.2 Å². The molecule has 0 bridgehead atoms. The topological polar surface area (TPSA) is 76.6 Å². The van der Waals surface area contributed by atoms with Gasteiger partial charge < -0.3 is 9.64 Å². The molecule has 1 aromatic heterocycles. The zero-order valence-corrected chi connectivity index (χ0v) is 16.2. The minimum Gasteiger partial charge on any atom is -0.375 e. The molecule has 1 saturated heterocycles. The number of likely N-dealkylation sites (tertiary alicyclic amines) is 1. The molecule has 2 rings (SSSR count). The van der Waals surface area contributed by atoms with Crippen molar-refractivity contribution in [2.24, 2.45) is 0 Å². The van der Waals surface area contributed by atoms with Crippen molar-refractivity contribution in [3.05, 3.63) is 15.6 Å². The molecule has 2 heterocycles. The number of hydrogen-bond donors (Lipinski definition) is 0. The fourth-order valence-electron chi connectivity index (χ4n) is 2.86. The second-order valence-electron chi connectivity index (χ2n) is 6.21. The number of nitrogens with zero attached hydrogens (tertiary/aromatic N) is 2. The number of thiazole rings is 1. The molecule has 1 fully saturated rings. The second-order valence-corrected chi connectivity index (χ2v) is 9.62. The summed E-state index contributed by atoms with van der Waals surface area (Å²) in [5.41, 5.74) is 0.692. The molecule has 0 N–H and O–H groups in total. The lowest BCUT2D eigenvalue weighted by Crippen LogP contribution is -2.42. The van der Waals surface area contributed by atoms with Crippen molar-refractivity contribution in [1.82, 2.24) is 9.88 Å². The summed E-state index contributed by atoms with van der Waals surface area (Å²) >= 11 is 1.35. The number of amides is 1. The van der Waals surface area contributed by atoms with E-state index in [2.05, 4.69) is 4.98 Å². The Kier molecular flexibility index (Phi) is 6.77. The summed E-state index contributed by atoms with van der Waals surface area (Å²) < 4.78 is 29.3. The van der Waals surface area contributed by atoms with Crippen LogP contribution in [0.5, 0.6) is 0 Å². The monoisotopic (exact) mass is 374 g/mol. The third kappa shape index (κ3) is 5.00. The third-order valence-electron chi connectivity index (χ3n) is 4.24. The number of carbonyl (C=O) groups excluding carboxylic acids is 1. The maximum absolute atomic E-state index is 12.9. The lowest BCUT2D eigenvalue weighted by molar-refractivity contribution is 0.0748. The lowest BCUT2D eigenvalue weighted by Gasteiger charge is -2.29. The summed E-state index contributed by atoms with van der Waals surface area (Å²) in [5, 5.41) is 0.308. The van der Waals surface area contributed by atoms with Crippen LogP contribution >= 0.6 is 11.3 Å². The Morgan fingerprint density at radius 1 is 1.38 bits per heavy atom. The van der Waals surface area contributed by atoms with Gasteiger partial charge in [-0.15, -0.1) is 11.3 Å². The molecule has 6 nitrogen and oxygen atoms in total. The Morgan fingerprint density at radius 2 is 2.12 bits per heavy atom. The summed E-state index contributed by atoms with van der Waals surface area (Å²) in [7, 11) is -3.16. The molecule has 1 aliphatic heterocycles. The van der Waals surface area contributed by atoms with E-state index >= 15 is 0 Å². The van der Waals surface area contributed by atoms with Crippen molar-refractivity contribution >= 4 is 27.1 Å². The van der Waals surface area contributed by atoms with Crippen LogP contribution in [0.4, 0.5) is 0 Å². The van der Waals surface area contributed by atoms with Gasteiger partial charge in [0.05, 0.1) is 17.6 Å². The van der Waals surface area contributed by atoms with Gasteiger partial charge in [-0.2, -0.15) is 0 Å². The Bertz CT molecular complexity index is 670. The summed E-state index contributed by atoms with van der Waals surface area (Å²) in [5.74, 6) is -0.108. The molecule has 1 amide bonds. The van der Waals surface area contributed by atoms with Crippen molar-refractivity contribution < 1.29 is 17.9 Å². The van der Waals surface area contributed by atoms with Gasteiger partial charge in [0, 0.05) is 26.0 Å². The highest BCUT2D eigenvalue weighted by atomic mass is 32.2.